The molecule has 0 saturated heterocycles. The van der Waals surface area contributed by atoms with E-state index in [0.717, 1.165) is 4.90 Å². The van der Waals surface area contributed by atoms with E-state index in [1.165, 1.54) is 16.7 Å². The molecule has 14 heavy (non-hydrogen) atoms. The summed E-state index contributed by atoms with van der Waals surface area (Å²) < 4.78 is 0. The van der Waals surface area contributed by atoms with Gasteiger partial charge in [-0.3, -0.25) is 0 Å². The van der Waals surface area contributed by atoms with Gasteiger partial charge >= 0.3 is 0 Å². The summed E-state index contributed by atoms with van der Waals surface area (Å²) in [5.74, 6) is 0. The highest BCUT2D eigenvalue weighted by Crippen LogP contribution is 2.23. The summed E-state index contributed by atoms with van der Waals surface area (Å²) >= 11 is 4.27. The molecular formula is C13H12S. The third kappa shape index (κ3) is 1.83. The topological polar surface area (TPSA) is 0 Å². The van der Waals surface area contributed by atoms with Gasteiger partial charge in [0.2, 0.25) is 0 Å². The Hall–Kier alpha value is -1.21. The molecule has 0 unspecified atom stereocenters. The Morgan fingerprint density at radius 1 is 0.857 bits per heavy atom. The Labute approximate surface area is 90.0 Å². The molecule has 0 bridgehead atoms. The van der Waals surface area contributed by atoms with Crippen LogP contribution in [0.5, 0.6) is 0 Å². The first-order chi connectivity index (χ1) is 6.77. The molecule has 0 heterocycles. The maximum absolute atomic E-state index is 4.27. The predicted octanol–water partition coefficient (Wildman–Crippen LogP) is 3.95. The minimum absolute atomic E-state index is 1.00. The zero-order chi connectivity index (χ0) is 9.97. The Balaban J connectivity index is 2.50. The highest BCUT2D eigenvalue weighted by molar-refractivity contribution is 7.80. The van der Waals surface area contributed by atoms with Gasteiger partial charge in [0.25, 0.3) is 0 Å². The summed E-state index contributed by atoms with van der Waals surface area (Å²) in [6, 6.07) is 16.6. The Bertz CT molecular complexity index is 429. The molecule has 0 fully saturated rings. The van der Waals surface area contributed by atoms with E-state index in [1.807, 2.05) is 12.1 Å². The standard InChI is InChI=1S/C13H12S/c1-10-4-2-3-5-13(10)11-6-8-12(14)9-7-11/h2-9,14H,1H3. The second kappa shape index (κ2) is 3.89. The molecule has 0 spiro atoms. The third-order valence-electron chi connectivity index (χ3n) is 2.32. The molecule has 0 aliphatic rings. The lowest BCUT2D eigenvalue weighted by atomic mass is 10.0. The molecule has 0 aliphatic heterocycles. The minimum Gasteiger partial charge on any atom is -0.143 e. The highest BCUT2D eigenvalue weighted by atomic mass is 32.1. The van der Waals surface area contributed by atoms with E-state index in [4.69, 9.17) is 0 Å². The smallest absolute Gasteiger partial charge is 0.00404 e. The van der Waals surface area contributed by atoms with Crippen molar-refractivity contribution in [2.75, 3.05) is 0 Å². The number of benzene rings is 2. The normalized spacial score (nSPS) is 10.1. The maximum atomic E-state index is 4.27. The zero-order valence-corrected chi connectivity index (χ0v) is 8.96. The Morgan fingerprint density at radius 2 is 1.50 bits per heavy atom. The zero-order valence-electron chi connectivity index (χ0n) is 8.07. The van der Waals surface area contributed by atoms with E-state index < -0.39 is 0 Å². The van der Waals surface area contributed by atoms with Gasteiger partial charge in [-0.15, -0.1) is 12.6 Å². The SMILES string of the molecule is Cc1ccccc1-c1ccc(S)cc1. The van der Waals surface area contributed by atoms with E-state index in [2.05, 4.69) is 56.0 Å². The summed E-state index contributed by atoms with van der Waals surface area (Å²) in [5, 5.41) is 0. The summed E-state index contributed by atoms with van der Waals surface area (Å²) in [4.78, 5) is 1.00. The van der Waals surface area contributed by atoms with Crippen molar-refractivity contribution in [3.8, 4) is 11.1 Å². The van der Waals surface area contributed by atoms with Crippen LogP contribution in [0, 0.1) is 6.92 Å². The van der Waals surface area contributed by atoms with Crippen LogP contribution in [0.2, 0.25) is 0 Å². The van der Waals surface area contributed by atoms with Crippen LogP contribution in [-0.4, -0.2) is 0 Å². The minimum atomic E-state index is 1.00. The lowest BCUT2D eigenvalue weighted by Crippen LogP contribution is -1.81. The molecule has 2 aromatic carbocycles. The van der Waals surface area contributed by atoms with E-state index in [9.17, 15) is 0 Å². The van der Waals surface area contributed by atoms with Crippen LogP contribution >= 0.6 is 12.6 Å². The maximum Gasteiger partial charge on any atom is 0.00404 e. The molecule has 0 N–H and O–H groups in total. The summed E-state index contributed by atoms with van der Waals surface area (Å²) in [7, 11) is 0. The van der Waals surface area contributed by atoms with Gasteiger partial charge in [0.1, 0.15) is 0 Å². The first-order valence-corrected chi connectivity index (χ1v) is 5.07. The molecule has 0 amide bonds. The number of thiol groups is 1. The van der Waals surface area contributed by atoms with E-state index >= 15 is 0 Å². The van der Waals surface area contributed by atoms with Crippen molar-refractivity contribution in [1.82, 2.24) is 0 Å². The van der Waals surface area contributed by atoms with Crippen LogP contribution in [-0.2, 0) is 0 Å². The number of aryl methyl sites for hydroxylation is 1. The molecule has 70 valence electrons. The van der Waals surface area contributed by atoms with Crippen LogP contribution in [0.1, 0.15) is 5.56 Å². The van der Waals surface area contributed by atoms with Gasteiger partial charge in [0.05, 0.1) is 0 Å². The fourth-order valence-electron chi connectivity index (χ4n) is 1.54. The average Bonchev–Trinajstić information content (AvgIpc) is 2.20. The molecule has 0 aliphatic carbocycles. The lowest BCUT2D eigenvalue weighted by Gasteiger charge is -2.05. The molecule has 0 radical (unpaired) electrons. The molecule has 0 nitrogen and oxygen atoms in total. The fraction of sp³-hybridized carbons (Fsp3) is 0.0769. The summed E-state index contributed by atoms with van der Waals surface area (Å²) in [6.07, 6.45) is 0. The van der Waals surface area contributed by atoms with Crippen molar-refractivity contribution in [1.29, 1.82) is 0 Å². The third-order valence-corrected chi connectivity index (χ3v) is 2.62. The van der Waals surface area contributed by atoms with Crippen molar-refractivity contribution < 1.29 is 0 Å². The van der Waals surface area contributed by atoms with Crippen molar-refractivity contribution >= 4 is 12.6 Å². The summed E-state index contributed by atoms with van der Waals surface area (Å²) in [5.41, 5.74) is 3.85. The van der Waals surface area contributed by atoms with Gasteiger partial charge in [-0.2, -0.15) is 0 Å². The average molecular weight is 200 g/mol. The van der Waals surface area contributed by atoms with Crippen molar-refractivity contribution in [3.05, 3.63) is 54.1 Å². The van der Waals surface area contributed by atoms with E-state index in [1.54, 1.807) is 0 Å². The highest BCUT2D eigenvalue weighted by Gasteiger charge is 1.99. The largest absolute Gasteiger partial charge is 0.143 e. The first-order valence-electron chi connectivity index (χ1n) is 4.62. The second-order valence-electron chi connectivity index (χ2n) is 3.36. The molecule has 2 aromatic rings. The van der Waals surface area contributed by atoms with Crippen LogP contribution in [0.15, 0.2) is 53.4 Å². The molecule has 0 atom stereocenters. The van der Waals surface area contributed by atoms with Gasteiger partial charge in [0.15, 0.2) is 0 Å². The molecule has 0 saturated carbocycles. The number of hydrogen-bond acceptors (Lipinski definition) is 1. The molecule has 0 aromatic heterocycles. The van der Waals surface area contributed by atoms with Crippen molar-refractivity contribution in [2.24, 2.45) is 0 Å². The van der Waals surface area contributed by atoms with Crippen molar-refractivity contribution in [3.63, 3.8) is 0 Å². The fourth-order valence-corrected chi connectivity index (χ4v) is 1.69. The Morgan fingerprint density at radius 3 is 2.14 bits per heavy atom. The van der Waals surface area contributed by atoms with Gasteiger partial charge in [-0.1, -0.05) is 36.4 Å². The first kappa shape index (κ1) is 9.35. The monoisotopic (exact) mass is 200 g/mol. The number of hydrogen-bond donors (Lipinski definition) is 1. The van der Waals surface area contributed by atoms with Gasteiger partial charge in [-0.05, 0) is 35.7 Å². The molecular weight excluding hydrogens is 188 g/mol. The van der Waals surface area contributed by atoms with E-state index in [-0.39, 0.29) is 0 Å². The van der Waals surface area contributed by atoms with Crippen LogP contribution in [0.25, 0.3) is 11.1 Å². The van der Waals surface area contributed by atoms with Crippen LogP contribution in [0.3, 0.4) is 0 Å². The summed E-state index contributed by atoms with van der Waals surface area (Å²) in [6.45, 7) is 2.13. The number of rotatable bonds is 1. The van der Waals surface area contributed by atoms with Crippen LogP contribution < -0.4 is 0 Å². The van der Waals surface area contributed by atoms with E-state index in [0.29, 0.717) is 0 Å². The molecule has 2 rings (SSSR count). The lowest BCUT2D eigenvalue weighted by molar-refractivity contribution is 1.43. The second-order valence-corrected chi connectivity index (χ2v) is 3.88. The van der Waals surface area contributed by atoms with Gasteiger partial charge < -0.3 is 0 Å². The van der Waals surface area contributed by atoms with Crippen LogP contribution in [0.4, 0.5) is 0 Å². The molecule has 1 heteroatoms. The quantitative estimate of drug-likeness (QED) is 0.662. The van der Waals surface area contributed by atoms with Gasteiger partial charge in [0, 0.05) is 4.90 Å². The van der Waals surface area contributed by atoms with Crippen molar-refractivity contribution in [2.45, 2.75) is 11.8 Å². The Kier molecular flexibility index (Phi) is 2.60. The predicted molar refractivity (Wildman–Crippen MR) is 63.9 cm³/mol. The van der Waals surface area contributed by atoms with Gasteiger partial charge in [-0.25, -0.2) is 0 Å².